The second-order valence-corrected chi connectivity index (χ2v) is 6.43. The van der Waals surface area contributed by atoms with Crippen LogP contribution >= 0.6 is 11.6 Å². The van der Waals surface area contributed by atoms with Crippen molar-refractivity contribution in [3.05, 3.63) is 45.1 Å². The first kappa shape index (κ1) is 18.2. The molecule has 0 atom stereocenters. The van der Waals surface area contributed by atoms with Crippen LogP contribution in [0.3, 0.4) is 0 Å². The SMILES string of the molecule is COc1c(C)c[n+]([O-])c(Cn2cc(CCO)c3c(Cl)nc(N)nc32)c1C. The summed E-state index contributed by atoms with van der Waals surface area (Å²) in [7, 11) is 1.58. The van der Waals surface area contributed by atoms with Gasteiger partial charge in [0.1, 0.15) is 23.1 Å². The molecule has 3 N–H and O–H groups in total. The second kappa shape index (κ2) is 6.97. The number of aromatic nitrogens is 4. The molecule has 26 heavy (non-hydrogen) atoms. The number of nitrogen functional groups attached to an aromatic ring is 1. The number of nitrogens with zero attached hydrogens (tertiary/aromatic N) is 4. The van der Waals surface area contributed by atoms with E-state index in [1.54, 1.807) is 11.7 Å². The highest BCUT2D eigenvalue weighted by Crippen LogP contribution is 2.29. The Morgan fingerprint density at radius 3 is 2.77 bits per heavy atom. The molecule has 0 bridgehead atoms. The molecule has 0 aromatic carbocycles. The third kappa shape index (κ3) is 3.02. The summed E-state index contributed by atoms with van der Waals surface area (Å²) in [4.78, 5) is 8.27. The average Bonchev–Trinajstić information content (AvgIpc) is 2.89. The van der Waals surface area contributed by atoms with Gasteiger partial charge < -0.3 is 25.4 Å². The van der Waals surface area contributed by atoms with Crippen molar-refractivity contribution in [2.24, 2.45) is 0 Å². The molecule has 0 amide bonds. The molecule has 8 nitrogen and oxygen atoms in total. The zero-order chi connectivity index (χ0) is 19.0. The Morgan fingerprint density at radius 2 is 2.12 bits per heavy atom. The third-order valence-corrected chi connectivity index (χ3v) is 4.66. The van der Waals surface area contributed by atoms with Gasteiger partial charge in [-0.25, -0.2) is 4.98 Å². The van der Waals surface area contributed by atoms with Gasteiger partial charge in [0.2, 0.25) is 11.6 Å². The monoisotopic (exact) mass is 377 g/mol. The minimum atomic E-state index is -0.0429. The van der Waals surface area contributed by atoms with Crippen LogP contribution in [0.5, 0.6) is 5.75 Å². The van der Waals surface area contributed by atoms with Crippen molar-refractivity contribution in [3.8, 4) is 5.75 Å². The van der Waals surface area contributed by atoms with Gasteiger partial charge in [0.25, 0.3) is 0 Å². The fourth-order valence-electron chi connectivity index (χ4n) is 3.23. The molecule has 0 unspecified atom stereocenters. The van der Waals surface area contributed by atoms with E-state index in [-0.39, 0.29) is 24.3 Å². The Balaban J connectivity index is 2.19. The Morgan fingerprint density at radius 1 is 1.38 bits per heavy atom. The maximum absolute atomic E-state index is 12.5. The second-order valence-electron chi connectivity index (χ2n) is 6.07. The van der Waals surface area contributed by atoms with E-state index in [9.17, 15) is 10.3 Å². The van der Waals surface area contributed by atoms with Crippen LogP contribution in [-0.2, 0) is 13.0 Å². The molecule has 0 saturated heterocycles. The van der Waals surface area contributed by atoms with E-state index in [4.69, 9.17) is 22.1 Å². The van der Waals surface area contributed by atoms with Crippen LogP contribution in [0.25, 0.3) is 11.0 Å². The fourth-order valence-corrected chi connectivity index (χ4v) is 3.53. The summed E-state index contributed by atoms with van der Waals surface area (Å²) >= 11 is 6.24. The highest BCUT2D eigenvalue weighted by atomic mass is 35.5. The number of ether oxygens (including phenoxy) is 1. The number of fused-ring (bicyclic) bond motifs is 1. The van der Waals surface area contributed by atoms with Gasteiger partial charge in [-0.15, -0.1) is 0 Å². The third-order valence-electron chi connectivity index (χ3n) is 4.38. The smallest absolute Gasteiger partial charge is 0.223 e. The highest BCUT2D eigenvalue weighted by Gasteiger charge is 2.21. The topological polar surface area (TPSA) is 113 Å². The van der Waals surface area contributed by atoms with Crippen molar-refractivity contribution in [2.75, 3.05) is 19.5 Å². The molecule has 9 heteroatoms. The normalized spacial score (nSPS) is 11.3. The molecular weight excluding hydrogens is 358 g/mol. The molecule has 0 spiro atoms. The Labute approximate surface area is 155 Å². The predicted octanol–water partition coefficient (Wildman–Crippen LogP) is 1.51. The van der Waals surface area contributed by atoms with Crippen LogP contribution in [0, 0.1) is 19.1 Å². The molecule has 0 fully saturated rings. The number of aliphatic hydroxyl groups excluding tert-OH is 1. The quantitative estimate of drug-likeness (QED) is 0.396. The lowest BCUT2D eigenvalue weighted by Crippen LogP contribution is -2.34. The van der Waals surface area contributed by atoms with Gasteiger partial charge in [-0.1, -0.05) is 11.6 Å². The first-order chi connectivity index (χ1) is 12.4. The number of hydrogen-bond donors (Lipinski definition) is 2. The van der Waals surface area contributed by atoms with Crippen LogP contribution in [0.2, 0.25) is 5.15 Å². The van der Waals surface area contributed by atoms with Crippen molar-refractivity contribution in [2.45, 2.75) is 26.8 Å². The van der Waals surface area contributed by atoms with E-state index < -0.39 is 0 Å². The Bertz CT molecular complexity index is 987. The Kier molecular flexibility index (Phi) is 4.88. The van der Waals surface area contributed by atoms with Crippen LogP contribution in [-0.4, -0.2) is 33.4 Å². The fraction of sp³-hybridized carbons (Fsp3) is 0.353. The van der Waals surface area contributed by atoms with Gasteiger partial charge in [0.05, 0.1) is 23.6 Å². The number of anilines is 1. The summed E-state index contributed by atoms with van der Waals surface area (Å²) in [6.45, 7) is 3.87. The molecule has 3 aromatic heterocycles. The minimum absolute atomic E-state index is 0.0429. The number of hydrogen-bond acceptors (Lipinski definition) is 6. The van der Waals surface area contributed by atoms with Gasteiger partial charge in [-0.05, 0) is 25.8 Å². The van der Waals surface area contributed by atoms with E-state index in [0.29, 0.717) is 28.9 Å². The first-order valence-corrected chi connectivity index (χ1v) is 8.43. The summed E-state index contributed by atoms with van der Waals surface area (Å²) in [6.07, 6.45) is 3.69. The average molecular weight is 378 g/mol. The van der Waals surface area contributed by atoms with E-state index in [2.05, 4.69) is 9.97 Å². The van der Waals surface area contributed by atoms with Gasteiger partial charge in [0.15, 0.2) is 6.20 Å². The van der Waals surface area contributed by atoms with Crippen LogP contribution in [0.1, 0.15) is 22.4 Å². The van der Waals surface area contributed by atoms with E-state index >= 15 is 0 Å². The molecule has 0 saturated carbocycles. The molecule has 138 valence electrons. The number of methoxy groups -OCH3 is 1. The molecule has 3 rings (SSSR count). The zero-order valence-corrected chi connectivity index (χ0v) is 15.5. The van der Waals surface area contributed by atoms with Crippen LogP contribution in [0.15, 0.2) is 12.4 Å². The molecular formula is C17H20ClN5O3. The maximum atomic E-state index is 12.5. The van der Waals surface area contributed by atoms with E-state index in [0.717, 1.165) is 21.4 Å². The van der Waals surface area contributed by atoms with Crippen molar-refractivity contribution in [1.82, 2.24) is 14.5 Å². The van der Waals surface area contributed by atoms with Crippen LogP contribution in [0.4, 0.5) is 5.95 Å². The number of pyridine rings is 1. The molecule has 0 radical (unpaired) electrons. The van der Waals surface area contributed by atoms with Crippen molar-refractivity contribution in [3.63, 3.8) is 0 Å². The van der Waals surface area contributed by atoms with Gasteiger partial charge >= 0.3 is 0 Å². The summed E-state index contributed by atoms with van der Waals surface area (Å²) in [6, 6.07) is 0. The van der Waals surface area contributed by atoms with Gasteiger partial charge in [-0.2, -0.15) is 9.71 Å². The minimum Gasteiger partial charge on any atom is -0.618 e. The summed E-state index contributed by atoms with van der Waals surface area (Å²) in [5.41, 5.74) is 9.08. The number of halogens is 1. The van der Waals surface area contributed by atoms with E-state index in [1.807, 2.05) is 20.0 Å². The number of aryl methyl sites for hydroxylation is 1. The summed E-state index contributed by atoms with van der Waals surface area (Å²) < 4.78 is 8.04. The summed E-state index contributed by atoms with van der Waals surface area (Å²) in [5.74, 6) is 0.719. The molecule has 0 aliphatic carbocycles. The lowest BCUT2D eigenvalue weighted by atomic mass is 10.1. The standard InChI is InChI=1S/C17H20ClN5O3/c1-9-6-23(25)12(10(2)14(9)26-3)8-22-7-11(4-5-24)13-15(18)20-17(19)21-16(13)22/h6-7,24H,4-5,8H2,1-3H3,(H2,19,20,21). The largest absolute Gasteiger partial charge is 0.618 e. The lowest BCUT2D eigenvalue weighted by Gasteiger charge is -2.14. The maximum Gasteiger partial charge on any atom is 0.223 e. The van der Waals surface area contributed by atoms with Crippen LogP contribution < -0.4 is 15.2 Å². The molecule has 0 aliphatic heterocycles. The Hall–Kier alpha value is -2.58. The van der Waals surface area contributed by atoms with E-state index in [1.165, 1.54) is 6.20 Å². The molecule has 0 aliphatic rings. The first-order valence-electron chi connectivity index (χ1n) is 8.05. The highest BCUT2D eigenvalue weighted by molar-refractivity contribution is 6.34. The predicted molar refractivity (Wildman–Crippen MR) is 98.3 cm³/mol. The van der Waals surface area contributed by atoms with Crippen molar-refractivity contribution in [1.29, 1.82) is 0 Å². The van der Waals surface area contributed by atoms with Crippen molar-refractivity contribution < 1.29 is 14.6 Å². The summed E-state index contributed by atoms with van der Waals surface area (Å²) in [5, 5.41) is 22.6. The number of aliphatic hydroxyl groups is 1. The zero-order valence-electron chi connectivity index (χ0n) is 14.8. The van der Waals surface area contributed by atoms with Gasteiger partial charge in [0, 0.05) is 12.8 Å². The van der Waals surface area contributed by atoms with Gasteiger partial charge in [-0.3, -0.25) is 0 Å². The lowest BCUT2D eigenvalue weighted by molar-refractivity contribution is -0.615. The number of nitrogens with two attached hydrogens (primary N) is 1. The molecule has 3 heterocycles. The van der Waals surface area contributed by atoms with Crippen molar-refractivity contribution >= 4 is 28.6 Å². The number of rotatable bonds is 5. The molecule has 3 aromatic rings.